The van der Waals surface area contributed by atoms with Gasteiger partial charge in [0.05, 0.1) is 5.54 Å². The maximum atomic E-state index is 11.8. The second kappa shape index (κ2) is 6.83. The molecule has 2 atom stereocenters. The van der Waals surface area contributed by atoms with E-state index in [2.05, 4.69) is 5.32 Å². The molecule has 3 N–H and O–H groups in total. The lowest BCUT2D eigenvalue weighted by Gasteiger charge is -2.39. The largest absolute Gasteiger partial charge is 0.368 e. The van der Waals surface area contributed by atoms with Gasteiger partial charge in [0.25, 0.3) is 0 Å². The lowest BCUT2D eigenvalue weighted by atomic mass is 9.80. The van der Waals surface area contributed by atoms with Crippen molar-refractivity contribution in [3.8, 4) is 0 Å². The minimum absolute atomic E-state index is 0.222. The Labute approximate surface area is 129 Å². The molecule has 1 aromatic carbocycles. The van der Waals surface area contributed by atoms with Crippen LogP contribution in [0.2, 0.25) is 5.02 Å². The highest BCUT2D eigenvalue weighted by Gasteiger charge is 2.40. The summed E-state index contributed by atoms with van der Waals surface area (Å²) in [6.45, 7) is 2.78. The summed E-state index contributed by atoms with van der Waals surface area (Å²) in [5.74, 6) is -0.222. The zero-order valence-corrected chi connectivity index (χ0v) is 13.3. The molecule has 0 saturated heterocycles. The van der Waals surface area contributed by atoms with Crippen molar-refractivity contribution in [3.05, 3.63) is 29.3 Å². The number of amides is 1. The molecule has 0 aromatic heterocycles. The van der Waals surface area contributed by atoms with Gasteiger partial charge in [-0.3, -0.25) is 4.79 Å². The van der Waals surface area contributed by atoms with Crippen LogP contribution < -0.4 is 11.1 Å². The summed E-state index contributed by atoms with van der Waals surface area (Å²) >= 11 is 7.71. The minimum Gasteiger partial charge on any atom is -0.368 e. The number of carbonyl (C=O) groups is 1. The normalized spacial score (nSPS) is 26.4. The summed E-state index contributed by atoms with van der Waals surface area (Å²) in [6.07, 6.45) is 3.78. The van der Waals surface area contributed by atoms with Crippen molar-refractivity contribution in [1.82, 2.24) is 5.32 Å². The first-order valence-electron chi connectivity index (χ1n) is 7.03. The quantitative estimate of drug-likeness (QED) is 0.878. The Hall–Kier alpha value is -0.710. The number of hydrogen-bond acceptors (Lipinski definition) is 3. The van der Waals surface area contributed by atoms with Crippen LogP contribution in [0.5, 0.6) is 0 Å². The molecule has 1 aliphatic rings. The maximum Gasteiger partial charge on any atom is 0.237 e. The molecule has 0 aliphatic heterocycles. The van der Waals surface area contributed by atoms with Crippen molar-refractivity contribution in [3.63, 3.8) is 0 Å². The molecule has 20 heavy (non-hydrogen) atoms. The predicted molar refractivity (Wildman–Crippen MR) is 85.2 cm³/mol. The fraction of sp³-hybridized carbons (Fsp3) is 0.533. The van der Waals surface area contributed by atoms with Crippen molar-refractivity contribution < 1.29 is 4.79 Å². The standard InChI is InChI=1S/C15H21ClN2OS/c1-2-18-15(14(17)19)9-3-4-13(10-15)20-12-7-5-11(16)6-8-12/h5-8,13,18H,2-4,9-10H2,1H3,(H2,17,19). The van der Waals surface area contributed by atoms with Gasteiger partial charge in [-0.05, 0) is 56.5 Å². The van der Waals surface area contributed by atoms with E-state index < -0.39 is 5.54 Å². The summed E-state index contributed by atoms with van der Waals surface area (Å²) in [5, 5.41) is 4.47. The lowest BCUT2D eigenvalue weighted by molar-refractivity contribution is -0.125. The van der Waals surface area contributed by atoms with Gasteiger partial charge in [0.1, 0.15) is 0 Å². The Kier molecular flexibility index (Phi) is 5.35. The summed E-state index contributed by atoms with van der Waals surface area (Å²) in [6, 6.07) is 7.86. The van der Waals surface area contributed by atoms with E-state index in [1.54, 1.807) is 0 Å². The molecule has 2 unspecified atom stereocenters. The second-order valence-corrected chi connectivity index (χ2v) is 7.08. The van der Waals surface area contributed by atoms with E-state index in [4.69, 9.17) is 17.3 Å². The van der Waals surface area contributed by atoms with E-state index in [0.717, 1.165) is 37.3 Å². The SMILES string of the molecule is CCNC1(C(N)=O)CCCC(Sc2ccc(Cl)cc2)C1. The molecule has 3 nitrogen and oxygen atoms in total. The first kappa shape index (κ1) is 15.7. The summed E-state index contributed by atoms with van der Waals surface area (Å²) in [7, 11) is 0. The monoisotopic (exact) mass is 312 g/mol. The number of hydrogen-bond donors (Lipinski definition) is 2. The average molecular weight is 313 g/mol. The van der Waals surface area contributed by atoms with Gasteiger partial charge >= 0.3 is 0 Å². The highest BCUT2D eigenvalue weighted by Crippen LogP contribution is 2.38. The molecular formula is C15H21ClN2OS. The Morgan fingerprint density at radius 3 is 2.80 bits per heavy atom. The smallest absolute Gasteiger partial charge is 0.237 e. The predicted octanol–water partition coefficient (Wildman–Crippen LogP) is 3.21. The van der Waals surface area contributed by atoms with Gasteiger partial charge in [-0.1, -0.05) is 18.5 Å². The first-order chi connectivity index (χ1) is 9.55. The molecule has 5 heteroatoms. The second-order valence-electron chi connectivity index (χ2n) is 5.27. The van der Waals surface area contributed by atoms with Crippen LogP contribution >= 0.6 is 23.4 Å². The number of benzene rings is 1. The molecule has 0 heterocycles. The van der Waals surface area contributed by atoms with Crippen molar-refractivity contribution in [2.45, 2.75) is 48.3 Å². The number of rotatable bonds is 5. The van der Waals surface area contributed by atoms with Crippen molar-refractivity contribution in [2.75, 3.05) is 6.54 Å². The number of carbonyl (C=O) groups excluding carboxylic acids is 1. The zero-order chi connectivity index (χ0) is 14.6. The van der Waals surface area contributed by atoms with E-state index in [1.165, 1.54) is 4.90 Å². The number of thioether (sulfide) groups is 1. The number of halogens is 1. The number of primary amides is 1. The third-order valence-corrected chi connectivity index (χ3v) is 5.34. The fourth-order valence-electron chi connectivity index (χ4n) is 2.84. The lowest BCUT2D eigenvalue weighted by Crippen LogP contribution is -2.58. The highest BCUT2D eigenvalue weighted by molar-refractivity contribution is 8.00. The van der Waals surface area contributed by atoms with Gasteiger partial charge in [-0.25, -0.2) is 0 Å². The Bertz CT molecular complexity index is 461. The molecule has 1 fully saturated rings. The van der Waals surface area contributed by atoms with Crippen LogP contribution in [0.1, 0.15) is 32.6 Å². The molecular weight excluding hydrogens is 292 g/mol. The average Bonchev–Trinajstić information content (AvgIpc) is 2.42. The van der Waals surface area contributed by atoms with Crippen molar-refractivity contribution in [2.24, 2.45) is 5.73 Å². The van der Waals surface area contributed by atoms with Gasteiger partial charge in [0.2, 0.25) is 5.91 Å². The summed E-state index contributed by atoms with van der Waals surface area (Å²) in [5.41, 5.74) is 5.10. The highest BCUT2D eigenvalue weighted by atomic mass is 35.5. The van der Waals surface area contributed by atoms with Crippen LogP contribution in [-0.2, 0) is 4.79 Å². The molecule has 2 rings (SSSR count). The number of likely N-dealkylation sites (N-methyl/N-ethyl adjacent to an activating group) is 1. The van der Waals surface area contributed by atoms with Crippen molar-refractivity contribution >= 4 is 29.3 Å². The molecule has 1 saturated carbocycles. The Morgan fingerprint density at radius 1 is 1.50 bits per heavy atom. The van der Waals surface area contributed by atoms with Crippen LogP contribution in [0.3, 0.4) is 0 Å². The minimum atomic E-state index is -0.531. The van der Waals surface area contributed by atoms with Gasteiger partial charge < -0.3 is 11.1 Å². The molecule has 0 spiro atoms. The molecule has 0 radical (unpaired) electrons. The third-order valence-electron chi connectivity index (χ3n) is 3.81. The summed E-state index contributed by atoms with van der Waals surface area (Å²) in [4.78, 5) is 13.0. The molecule has 1 aromatic rings. The third kappa shape index (κ3) is 3.68. The maximum absolute atomic E-state index is 11.8. The zero-order valence-electron chi connectivity index (χ0n) is 11.7. The Balaban J connectivity index is 2.05. The van der Waals surface area contributed by atoms with Crippen LogP contribution in [0, 0.1) is 0 Å². The molecule has 0 bridgehead atoms. The Morgan fingerprint density at radius 2 is 2.20 bits per heavy atom. The first-order valence-corrected chi connectivity index (χ1v) is 8.28. The van der Waals surface area contributed by atoms with Crippen LogP contribution in [0.25, 0.3) is 0 Å². The van der Waals surface area contributed by atoms with Gasteiger partial charge in [-0.15, -0.1) is 11.8 Å². The number of nitrogens with two attached hydrogens (primary N) is 1. The topological polar surface area (TPSA) is 55.1 Å². The van der Waals surface area contributed by atoms with Gasteiger partial charge in [0.15, 0.2) is 0 Å². The van der Waals surface area contributed by atoms with Gasteiger partial charge in [0, 0.05) is 15.2 Å². The van der Waals surface area contributed by atoms with Crippen LogP contribution in [-0.4, -0.2) is 23.2 Å². The van der Waals surface area contributed by atoms with E-state index in [1.807, 2.05) is 43.0 Å². The van der Waals surface area contributed by atoms with Crippen LogP contribution in [0.4, 0.5) is 0 Å². The molecule has 110 valence electrons. The number of nitrogens with one attached hydrogen (secondary N) is 1. The van der Waals surface area contributed by atoms with E-state index in [0.29, 0.717) is 5.25 Å². The molecule has 1 amide bonds. The van der Waals surface area contributed by atoms with Gasteiger partial charge in [-0.2, -0.15) is 0 Å². The fourth-order valence-corrected chi connectivity index (χ4v) is 4.30. The van der Waals surface area contributed by atoms with Crippen LogP contribution in [0.15, 0.2) is 29.2 Å². The van der Waals surface area contributed by atoms with E-state index in [9.17, 15) is 4.79 Å². The van der Waals surface area contributed by atoms with E-state index >= 15 is 0 Å². The summed E-state index contributed by atoms with van der Waals surface area (Å²) < 4.78 is 0. The molecule has 1 aliphatic carbocycles. The van der Waals surface area contributed by atoms with Crippen molar-refractivity contribution in [1.29, 1.82) is 0 Å². The van der Waals surface area contributed by atoms with E-state index in [-0.39, 0.29) is 5.91 Å².